The molecule has 0 aromatic carbocycles. The van der Waals surface area contributed by atoms with Gasteiger partial charge in [-0.05, 0) is 48.3 Å². The van der Waals surface area contributed by atoms with Gasteiger partial charge in [-0.25, -0.2) is 0 Å². The molecule has 0 fully saturated rings. The Balaban J connectivity index is 5.10. The molecule has 0 rings (SSSR count). The first-order chi connectivity index (χ1) is 11.7. The molecule has 0 saturated heterocycles. The number of rotatable bonds is 16. The third-order valence-electron chi connectivity index (χ3n) is 2.83. The Bertz CT molecular complexity index is 404. The summed E-state index contributed by atoms with van der Waals surface area (Å²) < 4.78 is 24.0. The van der Waals surface area contributed by atoms with Crippen LogP contribution in [0.4, 0.5) is 0 Å². The number of hydrogen-bond acceptors (Lipinski definition) is 7. The lowest BCUT2D eigenvalue weighted by Crippen LogP contribution is -2.05. The lowest BCUT2D eigenvalue weighted by Gasteiger charge is -2.29. The van der Waals surface area contributed by atoms with Crippen LogP contribution in [0.1, 0.15) is 67.2 Å². The maximum absolute atomic E-state index is 6.02. The van der Waals surface area contributed by atoms with Crippen molar-refractivity contribution in [2.24, 2.45) is 11.8 Å². The van der Waals surface area contributed by atoms with E-state index in [9.17, 15) is 0 Å². The van der Waals surface area contributed by atoms with E-state index in [-0.39, 0.29) is 0 Å². The Labute approximate surface area is 169 Å². The second-order valence-electron chi connectivity index (χ2n) is 6.73. The molecular weight excluding hydrogens is 414 g/mol. The molecule has 0 radical (unpaired) electrons. The van der Waals surface area contributed by atoms with Crippen LogP contribution in [0.5, 0.6) is 0 Å². The summed E-state index contributed by atoms with van der Waals surface area (Å²) in [5.41, 5.74) is -5.18. The van der Waals surface area contributed by atoms with Gasteiger partial charge in [-0.3, -0.25) is 0 Å². The quantitative estimate of drug-likeness (QED) is 0.183. The molecule has 0 aliphatic rings. The zero-order chi connectivity index (χ0) is 19.3. The predicted molar refractivity (Wildman–Crippen MR) is 119 cm³/mol. The van der Waals surface area contributed by atoms with Gasteiger partial charge < -0.3 is 18.1 Å². The summed E-state index contributed by atoms with van der Waals surface area (Å²) in [6.07, 6.45) is 4.02. The Hall–Kier alpha value is 1.49. The lowest BCUT2D eigenvalue weighted by molar-refractivity contribution is 0.218. The lowest BCUT2D eigenvalue weighted by atomic mass is 10.2. The number of hydrogen-bond donors (Lipinski definition) is 0. The Morgan fingerprint density at radius 2 is 1.08 bits per heavy atom. The van der Waals surface area contributed by atoms with Crippen LogP contribution in [0.2, 0.25) is 0 Å². The molecule has 9 heteroatoms. The molecule has 0 bridgehead atoms. The second-order valence-corrected chi connectivity index (χ2v) is 18.8. The largest absolute Gasteiger partial charge is 0.321 e. The van der Waals surface area contributed by atoms with Crippen LogP contribution in [-0.2, 0) is 41.7 Å². The number of unbranched alkanes of at least 4 members (excludes halogenated alkanes) is 2. The van der Waals surface area contributed by atoms with Crippen LogP contribution >= 0.6 is 22.4 Å². The van der Waals surface area contributed by atoms with Crippen LogP contribution in [0.25, 0.3) is 0 Å². The first-order valence-electron chi connectivity index (χ1n) is 9.16. The average Bonchev–Trinajstić information content (AvgIpc) is 2.52. The molecule has 0 heterocycles. The minimum atomic E-state index is -2.60. The molecule has 152 valence electrons. The summed E-state index contributed by atoms with van der Waals surface area (Å²) in [7, 11) is 0. The standard InChI is InChI=1S/C16H36O4P2S3/c1-7-9-11-17-21(23,18-12-10-8-2)25-22(24,19-13-15(3)4)20-14-16(5)6/h15-16H,7-14H2,1-6H3. The highest BCUT2D eigenvalue weighted by Crippen LogP contribution is 2.80. The van der Waals surface area contributed by atoms with E-state index in [1.807, 2.05) is 0 Å². The fourth-order valence-electron chi connectivity index (χ4n) is 1.41. The highest BCUT2D eigenvalue weighted by molar-refractivity contribution is 8.96. The smallest absolute Gasteiger partial charge is 0.256 e. The molecule has 0 aliphatic carbocycles. The Morgan fingerprint density at radius 3 is 1.40 bits per heavy atom. The molecule has 0 N–H and O–H groups in total. The molecule has 0 amide bonds. The molecule has 0 unspecified atom stereocenters. The van der Waals surface area contributed by atoms with Gasteiger partial charge in [0.25, 0.3) is 11.4 Å². The molecule has 0 saturated carbocycles. The Kier molecular flexibility index (Phi) is 15.3. The van der Waals surface area contributed by atoms with E-state index in [0.29, 0.717) is 38.3 Å². The zero-order valence-electron chi connectivity index (χ0n) is 16.6. The van der Waals surface area contributed by atoms with Gasteiger partial charge in [0.1, 0.15) is 0 Å². The molecule has 0 aromatic rings. The van der Waals surface area contributed by atoms with Crippen LogP contribution < -0.4 is 0 Å². The molecule has 0 aliphatic heterocycles. The topological polar surface area (TPSA) is 36.9 Å². The van der Waals surface area contributed by atoms with Gasteiger partial charge in [0.05, 0.1) is 26.4 Å². The fraction of sp³-hybridized carbons (Fsp3) is 1.00. The van der Waals surface area contributed by atoms with Crippen LogP contribution in [0.15, 0.2) is 0 Å². The summed E-state index contributed by atoms with van der Waals surface area (Å²) in [4.78, 5) is 0. The molecular formula is C16H36O4P2S3. The van der Waals surface area contributed by atoms with E-state index in [1.54, 1.807) is 0 Å². The van der Waals surface area contributed by atoms with Crippen molar-refractivity contribution in [3.8, 4) is 0 Å². The van der Waals surface area contributed by atoms with Crippen molar-refractivity contribution in [1.29, 1.82) is 0 Å². The molecule has 4 nitrogen and oxygen atoms in total. The maximum Gasteiger partial charge on any atom is 0.256 e. The summed E-state index contributed by atoms with van der Waals surface area (Å²) in [6, 6.07) is 0. The van der Waals surface area contributed by atoms with Crippen molar-refractivity contribution in [2.75, 3.05) is 26.4 Å². The van der Waals surface area contributed by atoms with Gasteiger partial charge in [-0.1, -0.05) is 54.4 Å². The Morgan fingerprint density at radius 1 is 0.720 bits per heavy atom. The summed E-state index contributed by atoms with van der Waals surface area (Å²) >= 11 is 12.9. The summed E-state index contributed by atoms with van der Waals surface area (Å²) in [6.45, 7) is 14.9. The third-order valence-corrected chi connectivity index (χ3v) is 16.1. The van der Waals surface area contributed by atoms with Crippen molar-refractivity contribution < 1.29 is 18.1 Å². The van der Waals surface area contributed by atoms with Crippen LogP contribution in [-0.4, -0.2) is 26.4 Å². The van der Waals surface area contributed by atoms with E-state index in [0.717, 1.165) is 25.7 Å². The SMILES string of the molecule is CCCCOP(=S)(OCCCC)SP(=S)(OCC(C)C)OCC(C)C. The minimum Gasteiger partial charge on any atom is -0.321 e. The normalized spacial score (nSPS) is 13.1. The average molecular weight is 451 g/mol. The fourth-order valence-corrected chi connectivity index (χ4v) is 16.4. The van der Waals surface area contributed by atoms with Gasteiger partial charge in [-0.15, -0.1) is 0 Å². The molecule has 0 aromatic heterocycles. The van der Waals surface area contributed by atoms with Gasteiger partial charge in [-0.2, -0.15) is 0 Å². The van der Waals surface area contributed by atoms with Crippen molar-refractivity contribution in [3.63, 3.8) is 0 Å². The maximum atomic E-state index is 6.02. The predicted octanol–water partition coefficient (Wildman–Crippen LogP) is 7.15. The molecule has 0 atom stereocenters. The van der Waals surface area contributed by atoms with Gasteiger partial charge in [0, 0.05) is 11.0 Å². The van der Waals surface area contributed by atoms with E-state index in [4.69, 9.17) is 41.7 Å². The third kappa shape index (κ3) is 14.2. The van der Waals surface area contributed by atoms with Crippen molar-refractivity contribution >= 4 is 46.0 Å². The van der Waals surface area contributed by atoms with E-state index < -0.39 is 11.4 Å². The van der Waals surface area contributed by atoms with Gasteiger partial charge >= 0.3 is 0 Å². The zero-order valence-corrected chi connectivity index (χ0v) is 20.8. The first-order valence-corrected chi connectivity index (χ1v) is 16.5. The van der Waals surface area contributed by atoms with E-state index >= 15 is 0 Å². The monoisotopic (exact) mass is 450 g/mol. The van der Waals surface area contributed by atoms with Crippen molar-refractivity contribution in [1.82, 2.24) is 0 Å². The van der Waals surface area contributed by atoms with E-state index in [2.05, 4.69) is 41.5 Å². The van der Waals surface area contributed by atoms with Crippen LogP contribution in [0.3, 0.4) is 0 Å². The van der Waals surface area contributed by atoms with Crippen molar-refractivity contribution in [3.05, 3.63) is 0 Å². The van der Waals surface area contributed by atoms with Crippen molar-refractivity contribution in [2.45, 2.75) is 67.2 Å². The molecule has 0 spiro atoms. The second kappa shape index (κ2) is 14.5. The first kappa shape index (κ1) is 26.5. The summed E-state index contributed by atoms with van der Waals surface area (Å²) in [5.74, 6) is 0.760. The van der Waals surface area contributed by atoms with Gasteiger partial charge in [0.2, 0.25) is 0 Å². The highest BCUT2D eigenvalue weighted by atomic mass is 33.2. The minimum absolute atomic E-state index is 0.380. The molecule has 25 heavy (non-hydrogen) atoms. The highest BCUT2D eigenvalue weighted by Gasteiger charge is 2.33. The van der Waals surface area contributed by atoms with Gasteiger partial charge in [0.15, 0.2) is 0 Å². The van der Waals surface area contributed by atoms with E-state index in [1.165, 1.54) is 11.0 Å². The van der Waals surface area contributed by atoms with Crippen LogP contribution in [0, 0.1) is 11.8 Å². The summed E-state index contributed by atoms with van der Waals surface area (Å²) in [5, 5.41) is 0.